The molecule has 2 aromatic carbocycles. The molecule has 41 heavy (non-hydrogen) atoms. The standard InChI is InChI=1S/C26H21ClF4N4O5S/c1-3-40-22(37)13-34-23(38)19(9-14-7-5-4-6-8-14)41-24(34)32-17-11-18(16(28)10-15(17)27)35-21(36)12-20(26(29,30)31)33(2)25(35)39/h4-8,10-12,19H,3,9,13H2,1-2H3/b32-24-. The Balaban J connectivity index is 1.80. The first-order chi connectivity index (χ1) is 19.3. The first-order valence-electron chi connectivity index (χ1n) is 12.0. The molecule has 1 amide bonds. The Kier molecular flexibility index (Phi) is 8.73. The van der Waals surface area contributed by atoms with Crippen LogP contribution in [-0.4, -0.2) is 49.5 Å². The van der Waals surface area contributed by atoms with E-state index in [2.05, 4.69) is 4.99 Å². The highest BCUT2D eigenvalue weighted by atomic mass is 35.5. The van der Waals surface area contributed by atoms with Gasteiger partial charge in [-0.3, -0.25) is 23.9 Å². The number of carbonyl (C=O) groups excluding carboxylic acids is 2. The van der Waals surface area contributed by atoms with Crippen molar-refractivity contribution in [3.8, 4) is 5.69 Å². The lowest BCUT2D eigenvalue weighted by Gasteiger charge is -2.16. The number of benzene rings is 2. The van der Waals surface area contributed by atoms with Crippen LogP contribution in [0.25, 0.3) is 5.69 Å². The van der Waals surface area contributed by atoms with Crippen molar-refractivity contribution < 1.29 is 31.9 Å². The molecule has 1 fully saturated rings. The van der Waals surface area contributed by atoms with E-state index in [9.17, 15) is 36.7 Å². The third-order valence-corrected chi connectivity index (χ3v) is 7.44. The molecule has 4 rings (SSSR count). The van der Waals surface area contributed by atoms with E-state index in [1.807, 2.05) is 18.2 Å². The van der Waals surface area contributed by atoms with Crippen molar-refractivity contribution in [1.82, 2.24) is 14.0 Å². The van der Waals surface area contributed by atoms with Crippen LogP contribution in [0, 0.1) is 5.82 Å². The summed E-state index contributed by atoms with van der Waals surface area (Å²) in [5.41, 5.74) is -4.48. The summed E-state index contributed by atoms with van der Waals surface area (Å²) in [6, 6.07) is 10.9. The highest BCUT2D eigenvalue weighted by molar-refractivity contribution is 8.15. The summed E-state index contributed by atoms with van der Waals surface area (Å²) in [6.07, 6.45) is -4.71. The number of thioether (sulfide) groups is 1. The summed E-state index contributed by atoms with van der Waals surface area (Å²) in [5, 5.41) is -0.962. The molecule has 0 spiro atoms. The van der Waals surface area contributed by atoms with Crippen LogP contribution >= 0.6 is 23.4 Å². The lowest BCUT2D eigenvalue weighted by Crippen LogP contribution is -2.41. The Labute approximate surface area is 239 Å². The monoisotopic (exact) mass is 612 g/mol. The molecule has 15 heteroatoms. The molecular weight excluding hydrogens is 592 g/mol. The molecule has 1 unspecified atom stereocenters. The number of hydrogen-bond acceptors (Lipinski definition) is 7. The van der Waals surface area contributed by atoms with Crippen LogP contribution in [0.2, 0.25) is 5.02 Å². The van der Waals surface area contributed by atoms with E-state index in [0.29, 0.717) is 6.42 Å². The Morgan fingerprint density at radius 2 is 1.80 bits per heavy atom. The van der Waals surface area contributed by atoms with Crippen LogP contribution in [0.5, 0.6) is 0 Å². The third kappa shape index (κ3) is 6.38. The number of aromatic nitrogens is 2. The quantitative estimate of drug-likeness (QED) is 0.294. The molecule has 3 aromatic rings. The molecule has 1 saturated heterocycles. The van der Waals surface area contributed by atoms with Crippen molar-refractivity contribution in [3.05, 3.63) is 91.5 Å². The average Bonchev–Trinajstić information content (AvgIpc) is 3.17. The summed E-state index contributed by atoms with van der Waals surface area (Å²) < 4.78 is 60.1. The summed E-state index contributed by atoms with van der Waals surface area (Å²) in [7, 11) is 0.789. The lowest BCUT2D eigenvalue weighted by atomic mass is 10.1. The maximum absolute atomic E-state index is 15.0. The number of halogens is 5. The zero-order chi connectivity index (χ0) is 30.1. The number of nitrogens with zero attached hydrogens (tertiary/aromatic N) is 4. The molecule has 0 radical (unpaired) electrons. The summed E-state index contributed by atoms with van der Waals surface area (Å²) >= 11 is 7.21. The number of rotatable bonds is 7. The van der Waals surface area contributed by atoms with E-state index in [1.165, 1.54) is 0 Å². The van der Waals surface area contributed by atoms with Gasteiger partial charge in [0.1, 0.15) is 18.1 Å². The van der Waals surface area contributed by atoms with E-state index in [-0.39, 0.29) is 37.7 Å². The fraction of sp³-hybridized carbons (Fsp3) is 0.269. The second-order valence-corrected chi connectivity index (χ2v) is 10.3. The topological polar surface area (TPSA) is 103 Å². The van der Waals surface area contributed by atoms with E-state index in [0.717, 1.165) is 41.4 Å². The molecule has 1 aliphatic heterocycles. The number of esters is 1. The average molecular weight is 613 g/mol. The SMILES string of the molecule is CCOC(=O)CN1C(=O)C(Cc2ccccc2)S/C1=N\c1cc(-n2c(=O)cc(C(F)(F)F)n(C)c2=O)c(F)cc1Cl. The molecule has 216 valence electrons. The number of aliphatic imine (C=N–C) groups is 1. The zero-order valence-electron chi connectivity index (χ0n) is 21.4. The van der Waals surface area contributed by atoms with Crippen molar-refractivity contribution in [1.29, 1.82) is 0 Å². The number of amidine groups is 1. The van der Waals surface area contributed by atoms with Gasteiger partial charge in [0.25, 0.3) is 5.56 Å². The van der Waals surface area contributed by atoms with Gasteiger partial charge in [0.05, 0.1) is 28.3 Å². The highest BCUT2D eigenvalue weighted by Gasteiger charge is 2.40. The van der Waals surface area contributed by atoms with Crippen LogP contribution < -0.4 is 11.2 Å². The van der Waals surface area contributed by atoms with Gasteiger partial charge in [0.15, 0.2) is 5.17 Å². The van der Waals surface area contributed by atoms with Crippen LogP contribution in [0.15, 0.2) is 63.1 Å². The van der Waals surface area contributed by atoms with Gasteiger partial charge in [-0.05, 0) is 31.0 Å². The predicted octanol–water partition coefficient (Wildman–Crippen LogP) is 4.08. The molecule has 1 aliphatic rings. The molecule has 0 aliphatic carbocycles. The zero-order valence-corrected chi connectivity index (χ0v) is 23.0. The Bertz CT molecular complexity index is 1660. The van der Waals surface area contributed by atoms with Crippen molar-refractivity contribution >= 4 is 46.1 Å². The second kappa shape index (κ2) is 11.9. The van der Waals surface area contributed by atoms with Crippen LogP contribution in [-0.2, 0) is 34.0 Å². The van der Waals surface area contributed by atoms with E-state index in [4.69, 9.17) is 16.3 Å². The number of alkyl halides is 3. The first kappa shape index (κ1) is 30.1. The van der Waals surface area contributed by atoms with Crippen LogP contribution in [0.3, 0.4) is 0 Å². The fourth-order valence-corrected chi connectivity index (χ4v) is 5.42. The largest absolute Gasteiger partial charge is 0.465 e. The molecule has 1 aromatic heterocycles. The Morgan fingerprint density at radius 1 is 1.12 bits per heavy atom. The van der Waals surface area contributed by atoms with E-state index >= 15 is 0 Å². The normalized spacial score (nSPS) is 16.5. The van der Waals surface area contributed by atoms with Gasteiger partial charge in [-0.15, -0.1) is 0 Å². The number of hydrogen-bond donors (Lipinski definition) is 0. The Morgan fingerprint density at radius 3 is 2.44 bits per heavy atom. The summed E-state index contributed by atoms with van der Waals surface area (Å²) in [5.74, 6) is -2.34. The van der Waals surface area contributed by atoms with Crippen molar-refractivity contribution in [2.45, 2.75) is 24.8 Å². The summed E-state index contributed by atoms with van der Waals surface area (Å²) in [4.78, 5) is 56.2. The maximum atomic E-state index is 15.0. The van der Waals surface area contributed by atoms with Gasteiger partial charge in [-0.1, -0.05) is 53.7 Å². The molecule has 0 bridgehead atoms. The number of amides is 1. The highest BCUT2D eigenvalue weighted by Crippen LogP contribution is 2.35. The second-order valence-electron chi connectivity index (χ2n) is 8.72. The van der Waals surface area contributed by atoms with Gasteiger partial charge in [-0.2, -0.15) is 13.2 Å². The molecule has 9 nitrogen and oxygen atoms in total. The lowest BCUT2D eigenvalue weighted by molar-refractivity contribution is -0.146. The van der Waals surface area contributed by atoms with Crippen LogP contribution in [0.1, 0.15) is 18.2 Å². The summed E-state index contributed by atoms with van der Waals surface area (Å²) in [6.45, 7) is 1.19. The van der Waals surface area contributed by atoms with Crippen molar-refractivity contribution in [3.63, 3.8) is 0 Å². The molecule has 0 N–H and O–H groups in total. The minimum absolute atomic E-state index is 0.0103. The smallest absolute Gasteiger partial charge is 0.431 e. The van der Waals surface area contributed by atoms with Gasteiger partial charge >= 0.3 is 17.8 Å². The first-order valence-corrected chi connectivity index (χ1v) is 13.2. The van der Waals surface area contributed by atoms with Crippen molar-refractivity contribution in [2.75, 3.05) is 13.2 Å². The maximum Gasteiger partial charge on any atom is 0.431 e. The van der Waals surface area contributed by atoms with Gasteiger partial charge < -0.3 is 4.74 Å². The molecule has 1 atom stereocenters. The minimum atomic E-state index is -5.01. The van der Waals surface area contributed by atoms with Gasteiger partial charge in [0.2, 0.25) is 5.91 Å². The minimum Gasteiger partial charge on any atom is -0.465 e. The number of carbonyl (C=O) groups is 2. The van der Waals surface area contributed by atoms with E-state index in [1.54, 1.807) is 19.1 Å². The molecule has 2 heterocycles. The fourth-order valence-electron chi connectivity index (χ4n) is 4.04. The third-order valence-electron chi connectivity index (χ3n) is 5.96. The molecular formula is C26H21ClF4N4O5S. The number of ether oxygens (including phenoxy) is 1. The van der Waals surface area contributed by atoms with E-state index < -0.39 is 58.3 Å². The predicted molar refractivity (Wildman–Crippen MR) is 144 cm³/mol. The Hall–Kier alpha value is -3.91. The van der Waals surface area contributed by atoms with Crippen molar-refractivity contribution in [2.24, 2.45) is 12.0 Å². The molecule has 0 saturated carbocycles. The van der Waals surface area contributed by atoms with Gasteiger partial charge in [0, 0.05) is 13.1 Å². The van der Waals surface area contributed by atoms with Gasteiger partial charge in [-0.25, -0.2) is 18.7 Å². The van der Waals surface area contributed by atoms with Crippen LogP contribution in [0.4, 0.5) is 23.2 Å².